The first-order valence-electron chi connectivity index (χ1n) is 6.55. The van der Waals surface area contributed by atoms with Gasteiger partial charge in [-0.25, -0.2) is 0 Å². The smallest absolute Gasteiger partial charge is 0.104 e. The van der Waals surface area contributed by atoms with Gasteiger partial charge in [0, 0.05) is 19.0 Å². The molecular formula is C16H15Cl2NO. The Balaban J connectivity index is 1.86. The van der Waals surface area contributed by atoms with Crippen molar-refractivity contribution in [1.82, 2.24) is 5.32 Å². The van der Waals surface area contributed by atoms with Crippen molar-refractivity contribution in [2.45, 2.75) is 18.1 Å². The Labute approximate surface area is 128 Å². The number of rotatable bonds is 2. The lowest BCUT2D eigenvalue weighted by Crippen LogP contribution is -2.28. The van der Waals surface area contributed by atoms with Crippen molar-refractivity contribution >= 4 is 23.2 Å². The van der Waals surface area contributed by atoms with Gasteiger partial charge in [-0.15, -0.1) is 0 Å². The summed E-state index contributed by atoms with van der Waals surface area (Å²) in [5.41, 5.74) is 1.08. The van der Waals surface area contributed by atoms with Crippen molar-refractivity contribution in [1.29, 1.82) is 0 Å². The van der Waals surface area contributed by atoms with Gasteiger partial charge in [0.2, 0.25) is 0 Å². The minimum absolute atomic E-state index is 0.149. The zero-order valence-electron chi connectivity index (χ0n) is 10.8. The summed E-state index contributed by atoms with van der Waals surface area (Å²) < 4.78 is 0. The minimum Gasteiger partial charge on any atom is -0.384 e. The van der Waals surface area contributed by atoms with Crippen LogP contribution < -0.4 is 5.32 Å². The predicted molar refractivity (Wildman–Crippen MR) is 82.2 cm³/mol. The fraction of sp³-hybridized carbons (Fsp3) is 0.250. The number of nitrogens with one attached hydrogen (secondary N) is 1. The van der Waals surface area contributed by atoms with E-state index in [4.69, 9.17) is 23.2 Å². The Morgan fingerprint density at radius 2 is 1.80 bits per heavy atom. The molecule has 104 valence electrons. The number of halogens is 2. The molecule has 1 aliphatic rings. The number of aliphatic hydroxyl groups is 1. The quantitative estimate of drug-likeness (QED) is 0.881. The van der Waals surface area contributed by atoms with E-state index in [0.717, 1.165) is 5.56 Å². The summed E-state index contributed by atoms with van der Waals surface area (Å²) in [6.45, 7) is 0.504. The average Bonchev–Trinajstić information content (AvgIpc) is 2.87. The summed E-state index contributed by atoms with van der Waals surface area (Å²) in [5.74, 6) is 0. The standard InChI is InChI=1S/C16H15Cl2NO/c17-13-7-6-12(8-14(13)18)16(20)9-15(19-10-16)11-4-2-1-3-5-11/h1-8,15,19-20H,9-10H2/t15-,16+/m0/s1. The lowest BCUT2D eigenvalue weighted by molar-refractivity contribution is 0.0559. The number of hydrogen-bond donors (Lipinski definition) is 2. The fourth-order valence-corrected chi connectivity index (χ4v) is 3.00. The fourth-order valence-electron chi connectivity index (χ4n) is 2.70. The van der Waals surface area contributed by atoms with Crippen LogP contribution in [0.5, 0.6) is 0 Å². The first kappa shape index (κ1) is 13.9. The van der Waals surface area contributed by atoms with Gasteiger partial charge in [0.1, 0.15) is 5.60 Å². The predicted octanol–water partition coefficient (Wildman–Crippen LogP) is 3.92. The number of hydrogen-bond acceptors (Lipinski definition) is 2. The maximum atomic E-state index is 10.8. The van der Waals surface area contributed by atoms with Gasteiger partial charge >= 0.3 is 0 Å². The Morgan fingerprint density at radius 3 is 2.50 bits per heavy atom. The van der Waals surface area contributed by atoms with E-state index in [1.54, 1.807) is 12.1 Å². The van der Waals surface area contributed by atoms with Gasteiger partial charge in [-0.2, -0.15) is 0 Å². The molecule has 0 aromatic heterocycles. The molecular weight excluding hydrogens is 293 g/mol. The second kappa shape index (κ2) is 5.38. The normalized spacial score (nSPS) is 25.9. The van der Waals surface area contributed by atoms with Crippen LogP contribution in [0.1, 0.15) is 23.6 Å². The minimum atomic E-state index is -0.908. The second-order valence-electron chi connectivity index (χ2n) is 5.21. The van der Waals surface area contributed by atoms with Gasteiger partial charge in [-0.05, 0) is 23.3 Å². The Bertz CT molecular complexity index is 617. The molecule has 2 nitrogen and oxygen atoms in total. The van der Waals surface area contributed by atoms with E-state index in [1.165, 1.54) is 5.56 Å². The van der Waals surface area contributed by atoms with Crippen LogP contribution in [-0.2, 0) is 5.60 Å². The molecule has 1 fully saturated rings. The van der Waals surface area contributed by atoms with Crippen LogP contribution in [0.15, 0.2) is 48.5 Å². The zero-order chi connectivity index (χ0) is 14.2. The molecule has 0 radical (unpaired) electrons. The van der Waals surface area contributed by atoms with Crippen LogP contribution >= 0.6 is 23.2 Å². The molecule has 0 bridgehead atoms. The molecule has 4 heteroatoms. The van der Waals surface area contributed by atoms with Crippen LogP contribution in [-0.4, -0.2) is 11.7 Å². The number of β-amino-alcohol motifs (C(OH)–C–C–N with tert-alkyl or cyclic N) is 1. The first-order valence-corrected chi connectivity index (χ1v) is 7.30. The molecule has 1 aliphatic heterocycles. The van der Waals surface area contributed by atoms with Gasteiger partial charge in [-0.1, -0.05) is 59.6 Å². The molecule has 2 aromatic rings. The van der Waals surface area contributed by atoms with Gasteiger partial charge in [-0.3, -0.25) is 0 Å². The highest BCUT2D eigenvalue weighted by atomic mass is 35.5. The zero-order valence-corrected chi connectivity index (χ0v) is 12.3. The molecule has 3 rings (SSSR count). The van der Waals surface area contributed by atoms with Crippen molar-refractivity contribution in [3.63, 3.8) is 0 Å². The first-order chi connectivity index (χ1) is 9.58. The highest BCUT2D eigenvalue weighted by molar-refractivity contribution is 6.42. The molecule has 0 aliphatic carbocycles. The van der Waals surface area contributed by atoms with Crippen molar-refractivity contribution in [3.8, 4) is 0 Å². The van der Waals surface area contributed by atoms with E-state index in [9.17, 15) is 5.11 Å². The van der Waals surface area contributed by atoms with Crippen molar-refractivity contribution in [2.24, 2.45) is 0 Å². The van der Waals surface area contributed by atoms with Crippen LogP contribution in [0.4, 0.5) is 0 Å². The second-order valence-corrected chi connectivity index (χ2v) is 6.02. The third-order valence-corrected chi connectivity index (χ3v) is 4.58. The van der Waals surface area contributed by atoms with Crippen molar-refractivity contribution < 1.29 is 5.11 Å². The third-order valence-electron chi connectivity index (χ3n) is 3.84. The van der Waals surface area contributed by atoms with E-state index in [1.807, 2.05) is 24.3 Å². The summed E-state index contributed by atoms with van der Waals surface area (Å²) in [6, 6.07) is 15.6. The monoisotopic (exact) mass is 307 g/mol. The lowest BCUT2D eigenvalue weighted by atomic mass is 9.89. The van der Waals surface area contributed by atoms with Crippen molar-refractivity contribution in [2.75, 3.05) is 6.54 Å². The third kappa shape index (κ3) is 2.57. The summed E-state index contributed by atoms with van der Waals surface area (Å²) in [5, 5.41) is 15.2. The van der Waals surface area contributed by atoms with E-state index in [-0.39, 0.29) is 6.04 Å². The summed E-state index contributed by atoms with van der Waals surface area (Å²) >= 11 is 12.0. The molecule has 2 aromatic carbocycles. The molecule has 0 spiro atoms. The average molecular weight is 308 g/mol. The molecule has 1 heterocycles. The molecule has 20 heavy (non-hydrogen) atoms. The Kier molecular flexibility index (Phi) is 3.74. The van der Waals surface area contributed by atoms with Crippen LogP contribution in [0.25, 0.3) is 0 Å². The molecule has 2 atom stereocenters. The molecule has 0 unspecified atom stereocenters. The molecule has 0 amide bonds. The molecule has 1 saturated heterocycles. The maximum absolute atomic E-state index is 10.8. The Morgan fingerprint density at radius 1 is 1.05 bits per heavy atom. The molecule has 2 N–H and O–H groups in total. The van der Waals surface area contributed by atoms with E-state index in [0.29, 0.717) is 23.0 Å². The van der Waals surface area contributed by atoms with Crippen molar-refractivity contribution in [3.05, 3.63) is 69.7 Å². The van der Waals surface area contributed by atoms with Gasteiger partial charge in [0.25, 0.3) is 0 Å². The lowest BCUT2D eigenvalue weighted by Gasteiger charge is -2.23. The van der Waals surface area contributed by atoms with Crippen LogP contribution in [0.3, 0.4) is 0 Å². The topological polar surface area (TPSA) is 32.3 Å². The summed E-state index contributed by atoms with van der Waals surface area (Å²) in [6.07, 6.45) is 0.620. The largest absolute Gasteiger partial charge is 0.384 e. The van der Waals surface area contributed by atoms with Crippen LogP contribution in [0.2, 0.25) is 10.0 Å². The Hall–Kier alpha value is -1.06. The molecule has 0 saturated carbocycles. The summed E-state index contributed by atoms with van der Waals surface area (Å²) in [7, 11) is 0. The van der Waals surface area contributed by atoms with Gasteiger partial charge in [0.15, 0.2) is 0 Å². The van der Waals surface area contributed by atoms with Gasteiger partial charge in [0.05, 0.1) is 10.0 Å². The highest BCUT2D eigenvalue weighted by Crippen LogP contribution is 2.38. The number of benzene rings is 2. The van der Waals surface area contributed by atoms with E-state index < -0.39 is 5.60 Å². The van der Waals surface area contributed by atoms with E-state index in [2.05, 4.69) is 17.4 Å². The maximum Gasteiger partial charge on any atom is 0.104 e. The van der Waals surface area contributed by atoms with E-state index >= 15 is 0 Å². The van der Waals surface area contributed by atoms with Gasteiger partial charge < -0.3 is 10.4 Å². The SMILES string of the molecule is O[C@@]1(c2ccc(Cl)c(Cl)c2)CN[C@H](c2ccccc2)C1. The highest BCUT2D eigenvalue weighted by Gasteiger charge is 2.39. The summed E-state index contributed by atoms with van der Waals surface area (Å²) in [4.78, 5) is 0. The van der Waals surface area contributed by atoms with Crippen LogP contribution in [0, 0.1) is 0 Å².